The van der Waals surface area contributed by atoms with E-state index in [9.17, 15) is 25.0 Å². The van der Waals surface area contributed by atoms with Gasteiger partial charge in [-0.15, -0.1) is 0 Å². The van der Waals surface area contributed by atoms with Gasteiger partial charge in [0.2, 0.25) is 0 Å². The molecular weight excluding hydrogens is 344 g/mol. The number of amides is 1. The predicted molar refractivity (Wildman–Crippen MR) is 92.5 cm³/mol. The molecule has 0 saturated carbocycles. The molecule has 134 valence electrons. The molecule has 0 spiro atoms. The van der Waals surface area contributed by atoms with Crippen molar-refractivity contribution < 1.29 is 19.4 Å². The third-order valence-corrected chi connectivity index (χ3v) is 3.45. The first-order valence-corrected chi connectivity index (χ1v) is 7.24. The number of benzene rings is 2. The van der Waals surface area contributed by atoms with E-state index in [-0.39, 0.29) is 22.7 Å². The van der Waals surface area contributed by atoms with Crippen LogP contribution in [0.1, 0.15) is 21.5 Å². The van der Waals surface area contributed by atoms with Gasteiger partial charge in [0, 0.05) is 29.3 Å². The Bertz CT molecular complexity index is 910. The van der Waals surface area contributed by atoms with Gasteiger partial charge >= 0.3 is 0 Å². The lowest BCUT2D eigenvalue weighted by Crippen LogP contribution is -2.18. The molecule has 2 aromatic rings. The molecule has 0 aromatic heterocycles. The zero-order valence-corrected chi connectivity index (χ0v) is 13.8. The van der Waals surface area contributed by atoms with E-state index in [1.807, 2.05) is 0 Å². The molecule has 0 atom stereocenters. The lowest BCUT2D eigenvalue weighted by atomic mass is 10.1. The van der Waals surface area contributed by atoms with Crippen molar-refractivity contribution in [2.75, 3.05) is 7.11 Å². The molecular formula is C16H14N4O6. The number of nitrogens with one attached hydrogen (secondary N) is 1. The third-order valence-electron chi connectivity index (χ3n) is 3.45. The second-order valence-electron chi connectivity index (χ2n) is 5.14. The van der Waals surface area contributed by atoms with E-state index < -0.39 is 15.8 Å². The lowest BCUT2D eigenvalue weighted by molar-refractivity contribution is -0.385. The summed E-state index contributed by atoms with van der Waals surface area (Å²) < 4.78 is 5.01. The second-order valence-corrected chi connectivity index (χ2v) is 5.14. The molecule has 26 heavy (non-hydrogen) atoms. The second kappa shape index (κ2) is 7.83. The largest absolute Gasteiger partial charge is 0.496 e. The van der Waals surface area contributed by atoms with Gasteiger partial charge in [-0.1, -0.05) is 12.1 Å². The van der Waals surface area contributed by atoms with Crippen molar-refractivity contribution in [1.82, 2.24) is 5.43 Å². The number of hydrogen-bond acceptors (Lipinski definition) is 7. The molecule has 0 heterocycles. The normalized spacial score (nSPS) is 10.5. The minimum Gasteiger partial charge on any atom is -0.496 e. The molecule has 0 radical (unpaired) electrons. The Morgan fingerprint density at radius 3 is 2.50 bits per heavy atom. The van der Waals surface area contributed by atoms with Gasteiger partial charge in [0.1, 0.15) is 5.75 Å². The summed E-state index contributed by atoms with van der Waals surface area (Å²) in [5, 5.41) is 25.5. The van der Waals surface area contributed by atoms with E-state index in [2.05, 4.69) is 10.5 Å². The highest BCUT2D eigenvalue weighted by Gasteiger charge is 2.17. The number of carbonyl (C=O) groups is 1. The van der Waals surface area contributed by atoms with Crippen LogP contribution in [0.5, 0.6) is 5.75 Å². The Kier molecular flexibility index (Phi) is 5.58. The lowest BCUT2D eigenvalue weighted by Gasteiger charge is -2.06. The van der Waals surface area contributed by atoms with Crippen LogP contribution in [0.4, 0.5) is 11.4 Å². The number of methoxy groups -OCH3 is 1. The van der Waals surface area contributed by atoms with Crippen LogP contribution in [0.2, 0.25) is 0 Å². The van der Waals surface area contributed by atoms with E-state index in [1.165, 1.54) is 31.5 Å². The Morgan fingerprint density at radius 1 is 1.15 bits per heavy atom. The number of nitro groups is 2. The first kappa shape index (κ1) is 18.5. The van der Waals surface area contributed by atoms with Crippen molar-refractivity contribution >= 4 is 23.5 Å². The number of hydrogen-bond donors (Lipinski definition) is 1. The fraction of sp³-hybridized carbons (Fsp3) is 0.125. The van der Waals surface area contributed by atoms with Crippen molar-refractivity contribution in [2.45, 2.75) is 6.92 Å². The highest BCUT2D eigenvalue weighted by Crippen LogP contribution is 2.24. The van der Waals surface area contributed by atoms with E-state index in [4.69, 9.17) is 4.74 Å². The van der Waals surface area contributed by atoms with Gasteiger partial charge in [-0.3, -0.25) is 25.0 Å². The molecule has 10 nitrogen and oxygen atoms in total. The molecule has 0 bridgehead atoms. The van der Waals surface area contributed by atoms with E-state index >= 15 is 0 Å². The molecule has 2 rings (SSSR count). The Hall–Kier alpha value is -3.82. The maximum absolute atomic E-state index is 12.2. The molecule has 10 heteroatoms. The van der Waals surface area contributed by atoms with Crippen LogP contribution in [0.3, 0.4) is 0 Å². The van der Waals surface area contributed by atoms with Crippen molar-refractivity contribution in [3.05, 3.63) is 73.3 Å². The maximum Gasteiger partial charge on any atom is 0.275 e. The summed E-state index contributed by atoms with van der Waals surface area (Å²) in [6, 6.07) is 8.07. The molecule has 0 aliphatic heterocycles. The van der Waals surface area contributed by atoms with E-state index in [1.54, 1.807) is 19.1 Å². The molecule has 1 amide bonds. The van der Waals surface area contributed by atoms with Crippen LogP contribution in [-0.2, 0) is 0 Å². The standard InChI is InChI=1S/C16H14N4O6/c1-10-3-4-11(7-14(10)20(24)25)9-17-18-16(21)13-8-12(19(22)23)5-6-15(13)26-2/h3-9H,1-2H3,(H,18,21)/b17-9-. The van der Waals surface area contributed by atoms with Gasteiger partial charge in [-0.2, -0.15) is 5.10 Å². The summed E-state index contributed by atoms with van der Waals surface area (Å²) in [6.45, 7) is 1.61. The van der Waals surface area contributed by atoms with Crippen LogP contribution < -0.4 is 10.2 Å². The quantitative estimate of drug-likeness (QED) is 0.478. The van der Waals surface area contributed by atoms with E-state index in [0.717, 1.165) is 6.07 Å². The van der Waals surface area contributed by atoms with Gasteiger partial charge in [0.05, 0.1) is 28.7 Å². The highest BCUT2D eigenvalue weighted by atomic mass is 16.6. The third kappa shape index (κ3) is 4.17. The van der Waals surface area contributed by atoms with Gasteiger partial charge in [0.15, 0.2) is 0 Å². The molecule has 0 unspecified atom stereocenters. The smallest absolute Gasteiger partial charge is 0.275 e. The fourth-order valence-electron chi connectivity index (χ4n) is 2.12. The number of carbonyl (C=O) groups excluding carboxylic acids is 1. The number of ether oxygens (including phenoxy) is 1. The van der Waals surface area contributed by atoms with Crippen molar-refractivity contribution in [1.29, 1.82) is 0 Å². The Labute approximate surface area is 147 Å². The molecule has 0 fully saturated rings. The number of nitro benzene ring substituents is 2. The minimum atomic E-state index is -0.719. The predicted octanol–water partition coefficient (Wildman–Crippen LogP) is 2.58. The van der Waals surface area contributed by atoms with Crippen LogP contribution in [0, 0.1) is 27.2 Å². The van der Waals surface area contributed by atoms with Crippen molar-refractivity contribution in [2.24, 2.45) is 5.10 Å². The maximum atomic E-state index is 12.2. The van der Waals surface area contributed by atoms with Crippen LogP contribution in [0.15, 0.2) is 41.5 Å². The summed E-state index contributed by atoms with van der Waals surface area (Å²) in [6.07, 6.45) is 1.23. The first-order chi connectivity index (χ1) is 12.3. The SMILES string of the molecule is COc1ccc([N+](=O)[O-])cc1C(=O)N/N=C\c1ccc(C)c([N+](=O)[O-])c1. The van der Waals surface area contributed by atoms with Gasteiger partial charge < -0.3 is 4.74 Å². The number of nitrogens with zero attached hydrogens (tertiary/aromatic N) is 3. The Morgan fingerprint density at radius 2 is 1.88 bits per heavy atom. The highest BCUT2D eigenvalue weighted by molar-refractivity contribution is 5.98. The van der Waals surface area contributed by atoms with Gasteiger partial charge in [-0.05, 0) is 13.0 Å². The number of rotatable bonds is 6. The summed E-state index contributed by atoms with van der Waals surface area (Å²) in [5.41, 5.74) is 2.72. The summed E-state index contributed by atoms with van der Waals surface area (Å²) >= 11 is 0. The van der Waals surface area contributed by atoms with Crippen molar-refractivity contribution in [3.63, 3.8) is 0 Å². The van der Waals surface area contributed by atoms with Crippen LogP contribution in [-0.4, -0.2) is 29.1 Å². The average molecular weight is 358 g/mol. The summed E-state index contributed by atoms with van der Waals surface area (Å²) in [4.78, 5) is 32.8. The van der Waals surface area contributed by atoms with Crippen LogP contribution in [0.25, 0.3) is 0 Å². The number of non-ortho nitro benzene ring substituents is 1. The summed E-state index contributed by atoms with van der Waals surface area (Å²) in [7, 11) is 1.33. The van der Waals surface area contributed by atoms with Crippen LogP contribution >= 0.6 is 0 Å². The first-order valence-electron chi connectivity index (χ1n) is 7.24. The molecule has 0 aliphatic rings. The van der Waals surface area contributed by atoms with Crippen molar-refractivity contribution in [3.8, 4) is 5.75 Å². The molecule has 2 aromatic carbocycles. The number of aryl methyl sites for hydroxylation is 1. The van der Waals surface area contributed by atoms with Gasteiger partial charge in [0.25, 0.3) is 17.3 Å². The molecule has 0 aliphatic carbocycles. The summed E-state index contributed by atoms with van der Waals surface area (Å²) in [5.74, 6) is -0.572. The topological polar surface area (TPSA) is 137 Å². The minimum absolute atomic E-state index is 0.0614. The number of hydrazone groups is 1. The zero-order valence-electron chi connectivity index (χ0n) is 13.8. The molecule has 0 saturated heterocycles. The fourth-order valence-corrected chi connectivity index (χ4v) is 2.12. The Balaban J connectivity index is 2.19. The average Bonchev–Trinajstić information content (AvgIpc) is 2.62. The van der Waals surface area contributed by atoms with Gasteiger partial charge in [-0.25, -0.2) is 5.43 Å². The zero-order chi connectivity index (χ0) is 19.3. The monoisotopic (exact) mass is 358 g/mol. The van der Waals surface area contributed by atoms with E-state index in [0.29, 0.717) is 11.1 Å². The molecule has 1 N–H and O–H groups in total.